The molecule has 2 N–H and O–H groups in total. The van der Waals surface area contributed by atoms with Crippen LogP contribution in [0.25, 0.3) is 11.0 Å². The molecule has 3 rings (SSSR count). The highest BCUT2D eigenvalue weighted by atomic mass is 32.2. The molecule has 0 saturated heterocycles. The number of hydrogen-bond acceptors (Lipinski definition) is 4. The summed E-state index contributed by atoms with van der Waals surface area (Å²) in [5.41, 5.74) is 2.92. The van der Waals surface area contributed by atoms with Gasteiger partial charge in [0.05, 0.1) is 22.0 Å². The lowest BCUT2D eigenvalue weighted by Gasteiger charge is -2.05. The Hall–Kier alpha value is -1.49. The van der Waals surface area contributed by atoms with E-state index in [1.807, 2.05) is 24.3 Å². The summed E-state index contributed by atoms with van der Waals surface area (Å²) in [5, 5.41) is 13.4. The van der Waals surface area contributed by atoms with E-state index < -0.39 is 0 Å². The zero-order valence-electron chi connectivity index (χ0n) is 9.26. The van der Waals surface area contributed by atoms with Crippen molar-refractivity contribution in [3.63, 3.8) is 0 Å². The first-order valence-corrected chi connectivity index (χ1v) is 6.57. The highest BCUT2D eigenvalue weighted by molar-refractivity contribution is 8.00. The monoisotopic (exact) mass is 247 g/mol. The molecule has 0 radical (unpaired) electrons. The molecule has 1 aromatic heterocycles. The van der Waals surface area contributed by atoms with Crippen LogP contribution in [0.5, 0.6) is 0 Å². The van der Waals surface area contributed by atoms with Crippen LogP contribution >= 0.6 is 11.8 Å². The van der Waals surface area contributed by atoms with E-state index in [1.54, 1.807) is 11.8 Å². The van der Waals surface area contributed by atoms with Crippen LogP contribution < -0.4 is 0 Å². The van der Waals surface area contributed by atoms with Crippen LogP contribution in [0.4, 0.5) is 0 Å². The summed E-state index contributed by atoms with van der Waals surface area (Å²) >= 11 is 1.65. The molecule has 0 bridgehead atoms. The highest BCUT2D eigenvalue weighted by Crippen LogP contribution is 2.32. The van der Waals surface area contributed by atoms with Crippen LogP contribution in [0.1, 0.15) is 19.3 Å². The molecule has 2 aromatic rings. The molecular weight excluding hydrogens is 234 g/mol. The zero-order valence-corrected chi connectivity index (χ0v) is 10.1. The average molecular weight is 247 g/mol. The molecule has 1 aromatic carbocycles. The van der Waals surface area contributed by atoms with E-state index in [4.69, 9.17) is 5.21 Å². The maximum atomic E-state index is 8.90. The number of rotatable bonds is 2. The molecule has 0 spiro atoms. The first-order valence-electron chi connectivity index (χ1n) is 5.69. The molecule has 1 aliphatic rings. The Balaban J connectivity index is 1.85. The van der Waals surface area contributed by atoms with Crippen LogP contribution in [0, 0.1) is 0 Å². The van der Waals surface area contributed by atoms with Gasteiger partial charge in [0.15, 0.2) is 5.16 Å². The molecule has 1 atom stereocenters. The van der Waals surface area contributed by atoms with E-state index in [0.717, 1.165) is 41.2 Å². The van der Waals surface area contributed by atoms with Gasteiger partial charge in [0.2, 0.25) is 0 Å². The largest absolute Gasteiger partial charge is 0.411 e. The number of thioether (sulfide) groups is 1. The van der Waals surface area contributed by atoms with Crippen molar-refractivity contribution in [2.45, 2.75) is 29.7 Å². The van der Waals surface area contributed by atoms with E-state index in [1.165, 1.54) is 0 Å². The predicted octanol–water partition coefficient (Wildman–Crippen LogP) is 3.04. The van der Waals surface area contributed by atoms with Crippen LogP contribution in [0.2, 0.25) is 0 Å². The Morgan fingerprint density at radius 3 is 3.12 bits per heavy atom. The maximum absolute atomic E-state index is 8.90. The van der Waals surface area contributed by atoms with Gasteiger partial charge >= 0.3 is 0 Å². The van der Waals surface area contributed by atoms with E-state index >= 15 is 0 Å². The van der Waals surface area contributed by atoms with Gasteiger partial charge in [-0.3, -0.25) is 0 Å². The molecule has 1 unspecified atom stereocenters. The van der Waals surface area contributed by atoms with Gasteiger partial charge in [0.1, 0.15) is 0 Å². The second kappa shape index (κ2) is 4.41. The lowest BCUT2D eigenvalue weighted by molar-refractivity contribution is 0.317. The number of H-pyrrole nitrogens is 1. The number of oxime groups is 1. The number of aromatic amines is 1. The molecule has 1 heterocycles. The molecule has 0 amide bonds. The lowest BCUT2D eigenvalue weighted by atomic mass is 10.3. The van der Waals surface area contributed by atoms with Gasteiger partial charge in [-0.05, 0) is 31.4 Å². The van der Waals surface area contributed by atoms with E-state index in [-0.39, 0.29) is 5.25 Å². The van der Waals surface area contributed by atoms with Crippen molar-refractivity contribution in [1.82, 2.24) is 9.97 Å². The number of benzene rings is 1. The van der Waals surface area contributed by atoms with Crippen LogP contribution in [0.3, 0.4) is 0 Å². The molecule has 1 saturated carbocycles. The van der Waals surface area contributed by atoms with Crippen molar-refractivity contribution in [2.75, 3.05) is 0 Å². The molecule has 1 aliphatic carbocycles. The molecule has 88 valence electrons. The van der Waals surface area contributed by atoms with Crippen molar-refractivity contribution in [3.8, 4) is 0 Å². The van der Waals surface area contributed by atoms with E-state index in [0.29, 0.717) is 0 Å². The lowest BCUT2D eigenvalue weighted by Crippen LogP contribution is -2.08. The minimum Gasteiger partial charge on any atom is -0.411 e. The number of nitrogens with zero attached hydrogens (tertiary/aromatic N) is 2. The summed E-state index contributed by atoms with van der Waals surface area (Å²) in [6.07, 6.45) is 3.05. The standard InChI is InChI=1S/C12H13N3OS/c16-15-10-6-3-7-11(10)17-12-13-8-4-1-2-5-9(8)14-12/h1-2,4-5,11,16H,3,6-7H2,(H,13,14)/b15-10+. The Morgan fingerprint density at radius 1 is 1.41 bits per heavy atom. The first-order chi connectivity index (χ1) is 8.36. The van der Waals surface area contributed by atoms with Crippen molar-refractivity contribution >= 4 is 28.5 Å². The van der Waals surface area contributed by atoms with Gasteiger partial charge in [0.25, 0.3) is 0 Å². The van der Waals surface area contributed by atoms with Crippen LogP contribution in [-0.4, -0.2) is 26.1 Å². The third kappa shape index (κ3) is 2.02. The summed E-state index contributed by atoms with van der Waals surface area (Å²) in [4.78, 5) is 7.80. The molecule has 5 heteroatoms. The number of para-hydroxylation sites is 2. The van der Waals surface area contributed by atoms with Gasteiger partial charge in [0, 0.05) is 0 Å². The number of nitrogens with one attached hydrogen (secondary N) is 1. The van der Waals surface area contributed by atoms with Gasteiger partial charge in [-0.25, -0.2) is 4.98 Å². The van der Waals surface area contributed by atoms with E-state index in [9.17, 15) is 0 Å². The normalized spacial score (nSPS) is 22.6. The first kappa shape index (κ1) is 10.7. The fourth-order valence-corrected chi connectivity index (χ4v) is 3.33. The Kier molecular flexibility index (Phi) is 2.76. The van der Waals surface area contributed by atoms with Gasteiger partial charge in [-0.1, -0.05) is 29.1 Å². The minimum atomic E-state index is 0.264. The van der Waals surface area contributed by atoms with Crippen molar-refractivity contribution in [1.29, 1.82) is 0 Å². The van der Waals surface area contributed by atoms with Crippen LogP contribution in [-0.2, 0) is 0 Å². The molecular formula is C12H13N3OS. The molecule has 0 aliphatic heterocycles. The number of aromatic nitrogens is 2. The molecule has 17 heavy (non-hydrogen) atoms. The van der Waals surface area contributed by atoms with Crippen LogP contribution in [0.15, 0.2) is 34.6 Å². The summed E-state index contributed by atoms with van der Waals surface area (Å²) < 4.78 is 0. The smallest absolute Gasteiger partial charge is 0.167 e. The fourth-order valence-electron chi connectivity index (χ4n) is 2.16. The average Bonchev–Trinajstić information content (AvgIpc) is 2.94. The summed E-state index contributed by atoms with van der Waals surface area (Å²) in [6, 6.07) is 7.98. The third-order valence-corrected chi connectivity index (χ3v) is 4.23. The second-order valence-electron chi connectivity index (χ2n) is 4.15. The highest BCUT2D eigenvalue weighted by Gasteiger charge is 2.25. The van der Waals surface area contributed by atoms with Crippen molar-refractivity contribution < 1.29 is 5.21 Å². The van der Waals surface area contributed by atoms with Crippen molar-refractivity contribution in [2.24, 2.45) is 5.16 Å². The Morgan fingerprint density at radius 2 is 2.29 bits per heavy atom. The summed E-state index contributed by atoms with van der Waals surface area (Å²) in [7, 11) is 0. The minimum absolute atomic E-state index is 0.264. The second-order valence-corrected chi connectivity index (χ2v) is 5.34. The zero-order chi connectivity index (χ0) is 11.7. The Bertz CT molecular complexity index is 531. The van der Waals surface area contributed by atoms with E-state index in [2.05, 4.69) is 15.1 Å². The van der Waals surface area contributed by atoms with Crippen molar-refractivity contribution in [3.05, 3.63) is 24.3 Å². The number of imidazole rings is 1. The maximum Gasteiger partial charge on any atom is 0.167 e. The number of fused-ring (bicyclic) bond motifs is 1. The third-order valence-electron chi connectivity index (χ3n) is 3.02. The van der Waals surface area contributed by atoms with Gasteiger partial charge in [-0.2, -0.15) is 0 Å². The SMILES string of the molecule is O/N=C1\CCCC1Sc1nc2ccccc2[nH]1. The molecule has 4 nitrogen and oxygen atoms in total. The number of hydrogen-bond donors (Lipinski definition) is 2. The Labute approximate surface area is 103 Å². The van der Waals surface area contributed by atoms with Gasteiger partial charge in [-0.15, -0.1) is 0 Å². The van der Waals surface area contributed by atoms with Gasteiger partial charge < -0.3 is 10.2 Å². The predicted molar refractivity (Wildman–Crippen MR) is 68.8 cm³/mol. The fraction of sp³-hybridized carbons (Fsp3) is 0.333. The topological polar surface area (TPSA) is 61.3 Å². The molecule has 1 fully saturated rings. The summed E-state index contributed by atoms with van der Waals surface area (Å²) in [5.74, 6) is 0. The quantitative estimate of drug-likeness (QED) is 0.633. The summed E-state index contributed by atoms with van der Waals surface area (Å²) in [6.45, 7) is 0.